The van der Waals surface area contributed by atoms with Crippen molar-refractivity contribution in [3.63, 3.8) is 0 Å². The Balaban J connectivity index is 1.56. The molecule has 1 aliphatic heterocycles. The molecule has 1 N–H and O–H groups in total. The van der Waals surface area contributed by atoms with E-state index in [9.17, 15) is 35.9 Å². The lowest BCUT2D eigenvalue weighted by Crippen LogP contribution is -2.62. The molecule has 14 heteroatoms. The summed E-state index contributed by atoms with van der Waals surface area (Å²) in [5.74, 6) is -5.20. The first-order valence-electron chi connectivity index (χ1n) is 11.0. The van der Waals surface area contributed by atoms with E-state index in [1.54, 1.807) is 0 Å². The first-order valence-corrected chi connectivity index (χ1v) is 11.0. The van der Waals surface area contributed by atoms with Gasteiger partial charge in [0.25, 0.3) is 24.1 Å². The molecule has 0 saturated heterocycles. The van der Waals surface area contributed by atoms with Gasteiger partial charge in [-0.1, -0.05) is 6.07 Å². The van der Waals surface area contributed by atoms with Gasteiger partial charge in [0.2, 0.25) is 5.89 Å². The molecule has 2 aromatic rings. The highest BCUT2D eigenvalue weighted by atomic mass is 19.3. The minimum atomic E-state index is -3.44. The maximum absolute atomic E-state index is 14.9. The second-order valence-electron chi connectivity index (χ2n) is 9.19. The lowest BCUT2D eigenvalue weighted by atomic mass is 9.86. The van der Waals surface area contributed by atoms with E-state index in [-0.39, 0.29) is 36.4 Å². The van der Waals surface area contributed by atoms with Gasteiger partial charge in [0, 0.05) is 24.1 Å². The average molecular weight is 520 g/mol. The summed E-state index contributed by atoms with van der Waals surface area (Å²) >= 11 is 0. The molecule has 2 atom stereocenters. The zero-order valence-electron chi connectivity index (χ0n) is 19.1. The van der Waals surface area contributed by atoms with E-state index in [4.69, 9.17) is 4.42 Å². The number of halogens is 6. The minimum absolute atomic E-state index is 0.0528. The average Bonchev–Trinajstić information content (AvgIpc) is 3.40. The monoisotopic (exact) mass is 520 g/mol. The number of hydrogen-bond donors (Lipinski definition) is 1. The fourth-order valence-electron chi connectivity index (χ4n) is 4.29. The Labute approximate surface area is 201 Å². The Morgan fingerprint density at radius 2 is 1.97 bits per heavy atom. The van der Waals surface area contributed by atoms with Crippen LogP contribution in [-0.2, 0) is 11.3 Å². The van der Waals surface area contributed by atoms with Gasteiger partial charge in [0.15, 0.2) is 5.60 Å². The molecule has 8 nitrogen and oxygen atoms in total. The maximum atomic E-state index is 14.9. The molecule has 1 fully saturated rings. The van der Waals surface area contributed by atoms with Crippen LogP contribution in [-0.4, -0.2) is 57.1 Å². The third-order valence-electron chi connectivity index (χ3n) is 6.22. The zero-order chi connectivity index (χ0) is 26.4. The summed E-state index contributed by atoms with van der Waals surface area (Å²) in [6.45, 7) is 1.83. The lowest BCUT2D eigenvalue weighted by Gasteiger charge is -2.42. The Bertz CT molecular complexity index is 1160. The number of nitrogens with zero attached hydrogens (tertiary/aromatic N) is 3. The van der Waals surface area contributed by atoms with Crippen molar-refractivity contribution < 1.29 is 45.1 Å². The summed E-state index contributed by atoms with van der Waals surface area (Å²) in [6, 6.07) is 1.27. The SMILES string of the molecule is CC(C)(OC(=O)N[C@H]1[C@H](N2Cc3ccc(-c4nnc(C(F)F)o4)cc3C2=O)CCCC1(F)F)C(F)F. The number of hydrogen-bond acceptors (Lipinski definition) is 6. The highest BCUT2D eigenvalue weighted by Gasteiger charge is 2.52. The highest BCUT2D eigenvalue weighted by molar-refractivity contribution is 5.99. The van der Waals surface area contributed by atoms with E-state index in [2.05, 4.69) is 14.9 Å². The van der Waals surface area contributed by atoms with Gasteiger partial charge in [-0.2, -0.15) is 8.78 Å². The molecule has 2 heterocycles. The number of fused-ring (bicyclic) bond motifs is 1. The molecule has 0 unspecified atom stereocenters. The van der Waals surface area contributed by atoms with Crippen molar-refractivity contribution in [3.05, 3.63) is 35.2 Å². The van der Waals surface area contributed by atoms with E-state index >= 15 is 0 Å². The minimum Gasteiger partial charge on any atom is -0.437 e. The van der Waals surface area contributed by atoms with Crippen molar-refractivity contribution in [1.82, 2.24) is 20.4 Å². The topological polar surface area (TPSA) is 97.6 Å². The van der Waals surface area contributed by atoms with Crippen LogP contribution >= 0.6 is 0 Å². The van der Waals surface area contributed by atoms with Gasteiger partial charge in [0.05, 0.1) is 6.04 Å². The molecule has 196 valence electrons. The number of alkyl halides is 6. The van der Waals surface area contributed by atoms with Crippen molar-refractivity contribution in [2.75, 3.05) is 0 Å². The molecule has 36 heavy (non-hydrogen) atoms. The van der Waals surface area contributed by atoms with E-state index in [0.717, 1.165) is 13.8 Å². The van der Waals surface area contributed by atoms with Crippen LogP contribution in [0.3, 0.4) is 0 Å². The van der Waals surface area contributed by atoms with E-state index < -0.39 is 60.8 Å². The van der Waals surface area contributed by atoms with Crippen LogP contribution in [0.4, 0.5) is 31.1 Å². The number of aromatic nitrogens is 2. The van der Waals surface area contributed by atoms with Gasteiger partial charge >= 0.3 is 12.5 Å². The number of nitrogens with one attached hydrogen (secondary N) is 1. The van der Waals surface area contributed by atoms with Crippen molar-refractivity contribution in [2.24, 2.45) is 0 Å². The first kappa shape index (κ1) is 25.8. The molecule has 4 rings (SSSR count). The highest BCUT2D eigenvalue weighted by Crippen LogP contribution is 2.39. The van der Waals surface area contributed by atoms with Crippen LogP contribution < -0.4 is 5.32 Å². The Morgan fingerprint density at radius 1 is 1.25 bits per heavy atom. The molecule has 1 aromatic carbocycles. The van der Waals surface area contributed by atoms with Crippen LogP contribution in [0.15, 0.2) is 22.6 Å². The Kier molecular flexibility index (Phi) is 6.64. The third kappa shape index (κ3) is 4.85. The molecule has 1 aliphatic carbocycles. The molecule has 2 amide bonds. The Morgan fingerprint density at radius 3 is 2.61 bits per heavy atom. The number of carbonyl (C=O) groups excluding carboxylic acids is 2. The van der Waals surface area contributed by atoms with Gasteiger partial charge in [-0.3, -0.25) is 4.79 Å². The van der Waals surface area contributed by atoms with Gasteiger partial charge in [-0.25, -0.2) is 22.4 Å². The van der Waals surface area contributed by atoms with Crippen molar-refractivity contribution in [3.8, 4) is 11.5 Å². The van der Waals surface area contributed by atoms with E-state index in [1.807, 2.05) is 5.32 Å². The summed E-state index contributed by atoms with van der Waals surface area (Å²) in [7, 11) is 0. The first-order chi connectivity index (χ1) is 16.8. The molecule has 0 bridgehead atoms. The standard InChI is InChI=1S/C22H22F6N4O4/c1-21(2,19(25)26)36-20(34)29-14-13(4-3-7-22(14,27)28)32-9-11-6-5-10(8-12(11)18(32)33)16-30-31-17(35-16)15(23)24/h5-6,8,13-15,19H,3-4,7,9H2,1-2H3,(H,29,34)/t13-,14+/m1/s1. The molecule has 2 aliphatic rings. The summed E-state index contributed by atoms with van der Waals surface area (Å²) in [5.41, 5.74) is -1.42. The fraction of sp³-hybridized carbons (Fsp3) is 0.545. The zero-order valence-corrected chi connectivity index (χ0v) is 19.1. The molecule has 0 spiro atoms. The predicted molar refractivity (Wildman–Crippen MR) is 111 cm³/mol. The number of rotatable bonds is 6. The van der Waals surface area contributed by atoms with Crippen molar-refractivity contribution in [2.45, 2.75) is 76.1 Å². The fourth-order valence-corrected chi connectivity index (χ4v) is 4.29. The number of ether oxygens (including phenoxy) is 1. The number of carbonyl (C=O) groups is 2. The second kappa shape index (κ2) is 9.28. The lowest BCUT2D eigenvalue weighted by molar-refractivity contribution is -0.102. The van der Waals surface area contributed by atoms with Gasteiger partial charge in [-0.15, -0.1) is 10.2 Å². The normalized spacial score (nSPS) is 21.7. The molecule has 0 radical (unpaired) electrons. The molecule has 1 aromatic heterocycles. The molecular weight excluding hydrogens is 498 g/mol. The van der Waals surface area contributed by atoms with Crippen LogP contribution in [0.1, 0.15) is 61.3 Å². The number of alkyl carbamates (subject to hydrolysis) is 1. The van der Waals surface area contributed by atoms with Crippen LogP contribution in [0.2, 0.25) is 0 Å². The number of benzene rings is 1. The quantitative estimate of drug-likeness (QED) is 0.541. The van der Waals surface area contributed by atoms with Crippen molar-refractivity contribution in [1.29, 1.82) is 0 Å². The smallest absolute Gasteiger partial charge is 0.408 e. The van der Waals surface area contributed by atoms with Gasteiger partial charge in [-0.05, 0) is 44.4 Å². The summed E-state index contributed by atoms with van der Waals surface area (Å²) in [4.78, 5) is 26.6. The van der Waals surface area contributed by atoms with Gasteiger partial charge in [0.1, 0.15) is 6.04 Å². The maximum Gasteiger partial charge on any atom is 0.408 e. The largest absolute Gasteiger partial charge is 0.437 e. The van der Waals surface area contributed by atoms with Crippen LogP contribution in [0.5, 0.6) is 0 Å². The summed E-state index contributed by atoms with van der Waals surface area (Å²) in [6.07, 6.45) is -7.88. The second-order valence-corrected chi connectivity index (χ2v) is 9.19. The summed E-state index contributed by atoms with van der Waals surface area (Å²) < 4.78 is 91.0. The predicted octanol–water partition coefficient (Wildman–Crippen LogP) is 4.96. The Hall–Kier alpha value is -3.32. The van der Waals surface area contributed by atoms with Crippen LogP contribution in [0.25, 0.3) is 11.5 Å². The van der Waals surface area contributed by atoms with Gasteiger partial charge < -0.3 is 19.4 Å². The number of amides is 2. The molecule has 1 saturated carbocycles. The van der Waals surface area contributed by atoms with Crippen molar-refractivity contribution >= 4 is 12.0 Å². The van der Waals surface area contributed by atoms with E-state index in [0.29, 0.717) is 5.56 Å². The summed E-state index contributed by atoms with van der Waals surface area (Å²) in [5, 5.41) is 8.78. The van der Waals surface area contributed by atoms with Crippen LogP contribution in [0, 0.1) is 0 Å². The molecular formula is C22H22F6N4O4. The van der Waals surface area contributed by atoms with E-state index in [1.165, 1.54) is 23.1 Å². The third-order valence-corrected chi connectivity index (χ3v) is 6.22.